The SMILES string of the molecule is CCCC.CCCCC.CCCCCC.c1ccccc1. The van der Waals surface area contributed by atoms with E-state index in [1.807, 2.05) is 36.4 Å². The molecule has 0 N–H and O–H groups in total. The van der Waals surface area contributed by atoms with Crippen LogP contribution in [0.5, 0.6) is 0 Å². The minimum absolute atomic E-state index is 1.32. The zero-order chi connectivity index (χ0) is 16.6. The molecule has 0 aliphatic rings. The lowest BCUT2D eigenvalue weighted by Gasteiger charge is -1.86. The molecule has 0 unspecified atom stereocenters. The standard InChI is InChI=1S/C6H6.C6H14.C5H12.C4H10/c1-2-4-6-5-3-1;1-3-5-6-4-2;1-3-5-4-2;1-3-4-2/h1-6H;3-6H2,1-2H3;3-5H2,1-2H3;3-4H2,1-2H3. The summed E-state index contributed by atoms with van der Waals surface area (Å²) < 4.78 is 0. The molecule has 0 bridgehead atoms. The number of hydrogen-bond donors (Lipinski definition) is 0. The fraction of sp³-hybridized carbons (Fsp3) is 0.714. The van der Waals surface area contributed by atoms with Crippen LogP contribution in [-0.4, -0.2) is 0 Å². The quantitative estimate of drug-likeness (QED) is 0.463. The third-order valence-electron chi connectivity index (χ3n) is 2.83. The zero-order valence-electron chi connectivity index (χ0n) is 15.8. The third-order valence-corrected chi connectivity index (χ3v) is 2.83. The Hall–Kier alpha value is -0.780. The van der Waals surface area contributed by atoms with Gasteiger partial charge in [0.2, 0.25) is 0 Å². The van der Waals surface area contributed by atoms with Gasteiger partial charge in [-0.25, -0.2) is 0 Å². The van der Waals surface area contributed by atoms with Gasteiger partial charge in [0.05, 0.1) is 0 Å². The van der Waals surface area contributed by atoms with E-state index in [0.29, 0.717) is 0 Å². The fourth-order valence-electron chi connectivity index (χ4n) is 1.24. The Bertz CT molecular complexity index is 168. The summed E-state index contributed by atoms with van der Waals surface area (Å²) in [5.74, 6) is 0. The molecule has 0 fully saturated rings. The van der Waals surface area contributed by atoms with Crippen molar-refractivity contribution < 1.29 is 0 Å². The molecule has 126 valence electrons. The first-order valence-corrected chi connectivity index (χ1v) is 9.24. The van der Waals surface area contributed by atoms with Gasteiger partial charge in [0.25, 0.3) is 0 Å². The van der Waals surface area contributed by atoms with Crippen LogP contribution in [0.3, 0.4) is 0 Å². The Morgan fingerprint density at radius 1 is 0.333 bits per heavy atom. The van der Waals surface area contributed by atoms with Gasteiger partial charge in [0.15, 0.2) is 0 Å². The van der Waals surface area contributed by atoms with E-state index in [4.69, 9.17) is 0 Å². The van der Waals surface area contributed by atoms with Gasteiger partial charge in [-0.05, 0) is 0 Å². The molecule has 0 aromatic heterocycles. The molecule has 0 heteroatoms. The molecule has 0 radical (unpaired) electrons. The third kappa shape index (κ3) is 45.3. The van der Waals surface area contributed by atoms with Gasteiger partial charge >= 0.3 is 0 Å². The van der Waals surface area contributed by atoms with Crippen molar-refractivity contribution in [1.82, 2.24) is 0 Å². The van der Waals surface area contributed by atoms with Crippen molar-refractivity contribution >= 4 is 0 Å². The van der Waals surface area contributed by atoms with Gasteiger partial charge in [-0.15, -0.1) is 0 Å². The van der Waals surface area contributed by atoms with E-state index in [-0.39, 0.29) is 0 Å². The number of rotatable bonds is 6. The van der Waals surface area contributed by atoms with Crippen LogP contribution >= 0.6 is 0 Å². The first kappa shape index (κ1) is 25.2. The van der Waals surface area contributed by atoms with E-state index in [0.717, 1.165) is 0 Å². The minimum atomic E-state index is 1.32. The lowest BCUT2D eigenvalue weighted by Crippen LogP contribution is -1.66. The van der Waals surface area contributed by atoms with E-state index in [1.54, 1.807) is 0 Å². The van der Waals surface area contributed by atoms with Crippen molar-refractivity contribution in [3.63, 3.8) is 0 Å². The summed E-state index contributed by atoms with van der Waals surface area (Å²) in [6, 6.07) is 12.0. The lowest BCUT2D eigenvalue weighted by atomic mass is 10.2. The van der Waals surface area contributed by atoms with Gasteiger partial charge in [-0.2, -0.15) is 0 Å². The molecule has 0 heterocycles. The monoisotopic (exact) mass is 294 g/mol. The summed E-state index contributed by atoms with van der Waals surface area (Å²) >= 11 is 0. The van der Waals surface area contributed by atoms with E-state index in [9.17, 15) is 0 Å². The number of hydrogen-bond acceptors (Lipinski definition) is 0. The summed E-state index contributed by atoms with van der Waals surface area (Å²) in [4.78, 5) is 0. The normalized spacial score (nSPS) is 8.29. The van der Waals surface area contributed by atoms with Crippen molar-refractivity contribution in [3.05, 3.63) is 36.4 Å². The van der Waals surface area contributed by atoms with Crippen LogP contribution in [0.25, 0.3) is 0 Å². The predicted molar refractivity (Wildman–Crippen MR) is 102 cm³/mol. The molecule has 1 aromatic carbocycles. The van der Waals surface area contributed by atoms with Crippen LogP contribution < -0.4 is 0 Å². The molecule has 1 rings (SSSR count). The maximum Gasteiger partial charge on any atom is -0.0536 e. The van der Waals surface area contributed by atoms with Gasteiger partial charge in [0, 0.05) is 0 Å². The van der Waals surface area contributed by atoms with Crippen LogP contribution in [0.1, 0.15) is 99.3 Å². The van der Waals surface area contributed by atoms with E-state index < -0.39 is 0 Å². The van der Waals surface area contributed by atoms with Crippen molar-refractivity contribution in [1.29, 1.82) is 0 Å². The summed E-state index contributed by atoms with van der Waals surface area (Å²) in [7, 11) is 0. The Morgan fingerprint density at radius 2 is 0.571 bits per heavy atom. The highest BCUT2D eigenvalue weighted by Gasteiger charge is 1.75. The Labute approximate surface area is 136 Å². The second kappa shape index (κ2) is 31.6. The van der Waals surface area contributed by atoms with Crippen molar-refractivity contribution in [2.24, 2.45) is 0 Å². The lowest BCUT2D eigenvalue weighted by molar-refractivity contribution is 0.702. The van der Waals surface area contributed by atoms with E-state index >= 15 is 0 Å². The maximum atomic E-state index is 2.23. The Morgan fingerprint density at radius 3 is 0.667 bits per heavy atom. The first-order valence-electron chi connectivity index (χ1n) is 9.24. The summed E-state index contributed by atoms with van der Waals surface area (Å²) in [6.45, 7) is 13.2. The molecular weight excluding hydrogens is 252 g/mol. The molecule has 0 saturated carbocycles. The first-order chi connectivity index (χ1) is 10.2. The molecule has 0 nitrogen and oxygen atoms in total. The van der Waals surface area contributed by atoms with Crippen LogP contribution in [0, 0.1) is 0 Å². The van der Waals surface area contributed by atoms with Crippen molar-refractivity contribution in [2.45, 2.75) is 99.3 Å². The average molecular weight is 295 g/mol. The van der Waals surface area contributed by atoms with Crippen molar-refractivity contribution in [2.75, 3.05) is 0 Å². The minimum Gasteiger partial charge on any atom is -0.0654 e. The van der Waals surface area contributed by atoms with Crippen LogP contribution in [0.2, 0.25) is 0 Å². The second-order valence-corrected chi connectivity index (χ2v) is 5.22. The molecule has 1 aromatic rings. The Balaban J connectivity index is -0.000000209. The van der Waals surface area contributed by atoms with Gasteiger partial charge in [0.1, 0.15) is 0 Å². The molecule has 21 heavy (non-hydrogen) atoms. The van der Waals surface area contributed by atoms with Crippen LogP contribution in [-0.2, 0) is 0 Å². The second-order valence-electron chi connectivity index (χ2n) is 5.22. The van der Waals surface area contributed by atoms with Gasteiger partial charge in [-0.3, -0.25) is 0 Å². The number of benzene rings is 1. The van der Waals surface area contributed by atoms with Gasteiger partial charge < -0.3 is 0 Å². The molecule has 0 spiro atoms. The highest BCUT2D eigenvalue weighted by atomic mass is 13.8. The summed E-state index contributed by atoms with van der Waals surface area (Å²) in [6.07, 6.45) is 12.3. The summed E-state index contributed by atoms with van der Waals surface area (Å²) in [5, 5.41) is 0. The average Bonchev–Trinajstić information content (AvgIpc) is 2.56. The predicted octanol–water partition coefficient (Wildman–Crippen LogP) is 8.28. The smallest absolute Gasteiger partial charge is 0.0536 e. The zero-order valence-corrected chi connectivity index (χ0v) is 15.8. The van der Waals surface area contributed by atoms with Crippen LogP contribution in [0.15, 0.2) is 36.4 Å². The largest absolute Gasteiger partial charge is 0.0654 e. The van der Waals surface area contributed by atoms with E-state index in [1.165, 1.54) is 57.8 Å². The highest BCUT2D eigenvalue weighted by molar-refractivity contribution is 4.99. The van der Waals surface area contributed by atoms with Crippen molar-refractivity contribution in [3.8, 4) is 0 Å². The topological polar surface area (TPSA) is 0 Å². The molecule has 0 amide bonds. The summed E-state index contributed by atoms with van der Waals surface area (Å²) in [5.41, 5.74) is 0. The molecular formula is C21H42. The number of unbranched alkanes of at least 4 members (excludes halogenated alkanes) is 6. The highest BCUT2D eigenvalue weighted by Crippen LogP contribution is 1.95. The van der Waals surface area contributed by atoms with Crippen LogP contribution in [0.4, 0.5) is 0 Å². The maximum absolute atomic E-state index is 2.23. The molecule has 0 atom stereocenters. The molecule has 0 aliphatic carbocycles. The fourth-order valence-corrected chi connectivity index (χ4v) is 1.24. The Kier molecular flexibility index (Phi) is 37.8. The van der Waals surface area contributed by atoms with Gasteiger partial charge in [-0.1, -0.05) is 136 Å². The molecule has 0 aliphatic heterocycles. The molecule has 0 saturated heterocycles. The van der Waals surface area contributed by atoms with E-state index in [2.05, 4.69) is 41.5 Å².